The number of hydrogen-bond acceptors (Lipinski definition) is 15. The SMILES string of the molecule is CCCCCCCC/C=C/C/C=C/C/C=C/CCCC(=O)O[C@H](COC(=O)CCCCCCCCCCCCCC)CO[C@H]1O[C@@H](CO[C@H]2O[C@@H](CO)[C@@H](O)C(O)C2O)[C@@H](O)C(O)C1O. The summed E-state index contributed by atoms with van der Waals surface area (Å²) in [4.78, 5) is 25.7. The van der Waals surface area contributed by atoms with E-state index in [9.17, 15) is 45.3 Å². The Morgan fingerprint density at radius 1 is 0.492 bits per heavy atom. The van der Waals surface area contributed by atoms with Gasteiger partial charge in [0.2, 0.25) is 0 Å². The number of unbranched alkanes of at least 4 members (excludes halogenated alkanes) is 18. The van der Waals surface area contributed by atoms with Crippen LogP contribution in [-0.4, -0.2) is 142 Å². The van der Waals surface area contributed by atoms with Crippen molar-refractivity contribution in [2.75, 3.05) is 26.4 Å². The lowest BCUT2D eigenvalue weighted by Gasteiger charge is -2.42. The molecule has 378 valence electrons. The fourth-order valence-corrected chi connectivity index (χ4v) is 7.70. The highest BCUT2D eigenvalue weighted by atomic mass is 16.7. The second-order valence-electron chi connectivity index (χ2n) is 17.6. The third-order valence-corrected chi connectivity index (χ3v) is 11.9. The molecule has 0 saturated carbocycles. The predicted molar refractivity (Wildman–Crippen MR) is 247 cm³/mol. The molecule has 0 aromatic rings. The molecule has 65 heavy (non-hydrogen) atoms. The van der Waals surface area contributed by atoms with Crippen LogP contribution in [0.5, 0.6) is 0 Å². The third kappa shape index (κ3) is 26.2. The lowest BCUT2D eigenvalue weighted by molar-refractivity contribution is -0.332. The van der Waals surface area contributed by atoms with Gasteiger partial charge in [-0.05, 0) is 44.9 Å². The Morgan fingerprint density at radius 3 is 1.49 bits per heavy atom. The summed E-state index contributed by atoms with van der Waals surface area (Å²) in [6, 6.07) is 0. The maximum absolute atomic E-state index is 13.0. The van der Waals surface area contributed by atoms with Crippen molar-refractivity contribution in [3.05, 3.63) is 36.5 Å². The molecule has 2 rings (SSSR count). The lowest BCUT2D eigenvalue weighted by Crippen LogP contribution is -2.61. The highest BCUT2D eigenvalue weighted by molar-refractivity contribution is 5.70. The molecule has 2 fully saturated rings. The van der Waals surface area contributed by atoms with Crippen LogP contribution >= 0.6 is 0 Å². The van der Waals surface area contributed by atoms with Crippen LogP contribution in [0.2, 0.25) is 0 Å². The van der Waals surface area contributed by atoms with Crippen molar-refractivity contribution in [2.24, 2.45) is 0 Å². The molecule has 0 spiro atoms. The fraction of sp³-hybridized carbons (Fsp3) is 0.840. The van der Waals surface area contributed by atoms with E-state index in [1.165, 1.54) is 89.9 Å². The average molecular weight is 929 g/mol. The highest BCUT2D eigenvalue weighted by Crippen LogP contribution is 2.26. The number of rotatable bonds is 38. The first-order valence-corrected chi connectivity index (χ1v) is 25.1. The number of carbonyl (C=O) groups is 2. The van der Waals surface area contributed by atoms with Gasteiger partial charge in [-0.2, -0.15) is 0 Å². The van der Waals surface area contributed by atoms with Crippen molar-refractivity contribution >= 4 is 11.9 Å². The Bertz CT molecular complexity index is 1280. The Hall–Kier alpha value is -2.28. The molecule has 7 N–H and O–H groups in total. The van der Waals surface area contributed by atoms with Gasteiger partial charge in [0.15, 0.2) is 18.7 Å². The normalized spacial score (nSPS) is 26.7. The minimum atomic E-state index is -1.77. The number of esters is 2. The molecule has 4 unspecified atom stereocenters. The Labute approximate surface area is 389 Å². The van der Waals surface area contributed by atoms with Crippen LogP contribution in [0.15, 0.2) is 36.5 Å². The van der Waals surface area contributed by atoms with Crippen LogP contribution in [0.1, 0.15) is 174 Å². The monoisotopic (exact) mass is 929 g/mol. The van der Waals surface area contributed by atoms with Crippen molar-refractivity contribution in [1.82, 2.24) is 0 Å². The van der Waals surface area contributed by atoms with Gasteiger partial charge in [0.05, 0.1) is 19.8 Å². The van der Waals surface area contributed by atoms with Crippen molar-refractivity contribution in [1.29, 1.82) is 0 Å². The van der Waals surface area contributed by atoms with E-state index in [2.05, 4.69) is 44.2 Å². The van der Waals surface area contributed by atoms with Crippen molar-refractivity contribution in [2.45, 2.75) is 242 Å². The number of ether oxygens (including phenoxy) is 6. The quantitative estimate of drug-likeness (QED) is 0.0198. The second kappa shape index (κ2) is 37.7. The van der Waals surface area contributed by atoms with Gasteiger partial charge in [0.25, 0.3) is 0 Å². The maximum atomic E-state index is 13.0. The zero-order valence-corrected chi connectivity index (χ0v) is 39.7. The molecule has 0 aromatic heterocycles. The zero-order chi connectivity index (χ0) is 47.5. The second-order valence-corrected chi connectivity index (χ2v) is 17.6. The molecule has 15 heteroatoms. The van der Waals surface area contributed by atoms with Crippen LogP contribution in [0, 0.1) is 0 Å². The topological polar surface area (TPSA) is 231 Å². The van der Waals surface area contributed by atoms with Crippen molar-refractivity contribution < 1.29 is 73.8 Å². The van der Waals surface area contributed by atoms with Gasteiger partial charge in [0, 0.05) is 12.8 Å². The van der Waals surface area contributed by atoms with Crippen LogP contribution < -0.4 is 0 Å². The first kappa shape index (κ1) is 58.8. The summed E-state index contributed by atoms with van der Waals surface area (Å²) < 4.78 is 33.5. The highest BCUT2D eigenvalue weighted by Gasteiger charge is 2.47. The van der Waals surface area contributed by atoms with Gasteiger partial charge in [-0.3, -0.25) is 9.59 Å². The first-order chi connectivity index (χ1) is 31.5. The van der Waals surface area contributed by atoms with E-state index < -0.39 is 99.3 Å². The molecule has 11 atom stereocenters. The summed E-state index contributed by atoms with van der Waals surface area (Å²) in [5, 5.41) is 72.0. The van der Waals surface area contributed by atoms with Crippen LogP contribution in [0.4, 0.5) is 0 Å². The maximum Gasteiger partial charge on any atom is 0.306 e. The molecule has 2 saturated heterocycles. The summed E-state index contributed by atoms with van der Waals surface area (Å²) >= 11 is 0. The lowest BCUT2D eigenvalue weighted by atomic mass is 9.98. The van der Waals surface area contributed by atoms with Crippen molar-refractivity contribution in [3.63, 3.8) is 0 Å². The van der Waals surface area contributed by atoms with Gasteiger partial charge in [-0.15, -0.1) is 0 Å². The van der Waals surface area contributed by atoms with Crippen LogP contribution in [0.3, 0.4) is 0 Å². The number of hydrogen-bond donors (Lipinski definition) is 7. The molecule has 0 amide bonds. The molecule has 2 aliphatic rings. The minimum Gasteiger partial charge on any atom is -0.462 e. The van der Waals surface area contributed by atoms with E-state index in [0.717, 1.165) is 38.5 Å². The fourth-order valence-electron chi connectivity index (χ4n) is 7.70. The molecule has 0 bridgehead atoms. The first-order valence-electron chi connectivity index (χ1n) is 25.1. The molecule has 0 radical (unpaired) electrons. The average Bonchev–Trinajstić information content (AvgIpc) is 3.30. The van der Waals surface area contributed by atoms with E-state index in [4.69, 9.17) is 28.4 Å². The summed E-state index contributed by atoms with van der Waals surface area (Å²) in [5.74, 6) is -0.984. The largest absolute Gasteiger partial charge is 0.462 e. The molecular weight excluding hydrogens is 841 g/mol. The van der Waals surface area contributed by atoms with E-state index >= 15 is 0 Å². The minimum absolute atomic E-state index is 0.0949. The van der Waals surface area contributed by atoms with Crippen molar-refractivity contribution in [3.8, 4) is 0 Å². The number of aliphatic hydroxyl groups excluding tert-OH is 7. The van der Waals surface area contributed by atoms with E-state index in [1.807, 2.05) is 6.08 Å². The summed E-state index contributed by atoms with van der Waals surface area (Å²) in [6.45, 7) is 2.52. The van der Waals surface area contributed by atoms with Crippen LogP contribution in [0.25, 0.3) is 0 Å². The number of carbonyl (C=O) groups excluding carboxylic acids is 2. The Balaban J connectivity index is 1.85. The standard InChI is InChI=1S/C50H88O15/c1-3-5-7-9-11-13-15-17-18-19-20-21-23-25-27-29-31-33-42(53)63-38(35-60-41(52)32-30-28-26-24-22-16-14-12-10-8-6-4-2)36-61-49-48(59)46(57)44(55)40(65-49)37-62-50-47(58)45(56)43(54)39(34-51)64-50/h17-18,20-21,25,27,38-40,43-51,54-59H,3-16,19,22-24,26,28-37H2,1-2H3/b18-17+,21-20+,27-25+/t38-,39+,40+,43-,44-,45?,46?,47?,48?,49+,50+/m1/s1. The van der Waals surface area contributed by atoms with E-state index in [1.54, 1.807) is 0 Å². The van der Waals surface area contributed by atoms with E-state index in [-0.39, 0.29) is 19.4 Å². The van der Waals surface area contributed by atoms with Gasteiger partial charge in [0.1, 0.15) is 55.4 Å². The third-order valence-electron chi connectivity index (χ3n) is 11.9. The Morgan fingerprint density at radius 2 is 0.938 bits per heavy atom. The summed E-state index contributed by atoms with van der Waals surface area (Å²) in [7, 11) is 0. The van der Waals surface area contributed by atoms with Gasteiger partial charge >= 0.3 is 11.9 Å². The predicted octanol–water partition coefficient (Wildman–Crippen LogP) is 6.54. The van der Waals surface area contributed by atoms with Gasteiger partial charge in [-0.1, -0.05) is 153 Å². The molecule has 15 nitrogen and oxygen atoms in total. The molecule has 0 aliphatic carbocycles. The molecular formula is C50H88O15. The zero-order valence-electron chi connectivity index (χ0n) is 39.7. The number of allylic oxidation sites excluding steroid dienone is 6. The molecule has 0 aromatic carbocycles. The van der Waals surface area contributed by atoms with Crippen LogP contribution in [-0.2, 0) is 38.0 Å². The summed E-state index contributed by atoms with van der Waals surface area (Å²) in [5.41, 5.74) is 0. The Kier molecular flexibility index (Phi) is 34.1. The molecule has 2 aliphatic heterocycles. The van der Waals surface area contributed by atoms with Gasteiger partial charge < -0.3 is 64.2 Å². The van der Waals surface area contributed by atoms with Gasteiger partial charge in [-0.25, -0.2) is 0 Å². The number of aliphatic hydroxyl groups is 7. The van der Waals surface area contributed by atoms with E-state index in [0.29, 0.717) is 19.3 Å². The molecule has 2 heterocycles. The summed E-state index contributed by atoms with van der Waals surface area (Å²) in [6.07, 6.45) is 21.9. The smallest absolute Gasteiger partial charge is 0.306 e.